The zero-order chi connectivity index (χ0) is 14.7. The first-order valence-corrected chi connectivity index (χ1v) is 7.10. The van der Waals surface area contributed by atoms with Crippen molar-refractivity contribution >= 4 is 11.6 Å². The molecule has 1 aliphatic rings. The van der Waals surface area contributed by atoms with E-state index in [0.29, 0.717) is 11.3 Å². The van der Waals surface area contributed by atoms with Gasteiger partial charge in [0.1, 0.15) is 5.82 Å². The highest BCUT2D eigenvalue weighted by Gasteiger charge is 2.22. The molecule has 1 aliphatic heterocycles. The molecule has 1 amide bonds. The Balaban J connectivity index is 2.02. The molecule has 0 atom stereocenters. The van der Waals surface area contributed by atoms with Crippen molar-refractivity contribution in [1.29, 1.82) is 0 Å². The lowest BCUT2D eigenvalue weighted by atomic mass is 10.0. The van der Waals surface area contributed by atoms with Crippen molar-refractivity contribution in [3.8, 4) is 0 Å². The summed E-state index contributed by atoms with van der Waals surface area (Å²) in [7, 11) is 0. The monoisotopic (exact) mass is 279 g/mol. The Morgan fingerprint density at radius 2 is 2.10 bits per heavy atom. The smallest absolute Gasteiger partial charge is 0.254 e. The quantitative estimate of drug-likeness (QED) is 0.831. The molecule has 1 heterocycles. The van der Waals surface area contributed by atoms with Gasteiger partial charge in [0.25, 0.3) is 5.91 Å². The summed E-state index contributed by atoms with van der Waals surface area (Å²) in [5.41, 5.74) is 6.54. The van der Waals surface area contributed by atoms with Gasteiger partial charge in [0.2, 0.25) is 0 Å². The number of nitrogens with two attached hydrogens (primary N) is 1. The van der Waals surface area contributed by atoms with Gasteiger partial charge in [-0.3, -0.25) is 4.79 Å². The number of amides is 1. The van der Waals surface area contributed by atoms with E-state index < -0.39 is 5.82 Å². The summed E-state index contributed by atoms with van der Waals surface area (Å²) < 4.78 is 14.0. The van der Waals surface area contributed by atoms with Crippen molar-refractivity contribution in [1.82, 2.24) is 10.2 Å². The fraction of sp³-hybridized carbons (Fsp3) is 0.533. The number of likely N-dealkylation sites (tertiary alicyclic amines) is 1. The van der Waals surface area contributed by atoms with E-state index >= 15 is 0 Å². The van der Waals surface area contributed by atoms with Gasteiger partial charge in [0.05, 0.1) is 5.56 Å². The van der Waals surface area contributed by atoms with Crippen LogP contribution in [0.25, 0.3) is 0 Å². The number of hydrogen-bond acceptors (Lipinski definition) is 3. The minimum absolute atomic E-state index is 0.0421. The number of aryl methyl sites for hydroxylation is 1. The highest BCUT2D eigenvalue weighted by atomic mass is 19.1. The number of benzene rings is 1. The topological polar surface area (TPSA) is 58.4 Å². The number of nitrogen functional groups attached to an aromatic ring is 1. The minimum Gasteiger partial charge on any atom is -0.399 e. The maximum Gasteiger partial charge on any atom is 0.254 e. The van der Waals surface area contributed by atoms with Gasteiger partial charge in [-0.1, -0.05) is 6.92 Å². The van der Waals surface area contributed by atoms with Crippen molar-refractivity contribution in [2.24, 2.45) is 0 Å². The fourth-order valence-electron chi connectivity index (χ4n) is 2.62. The fourth-order valence-corrected chi connectivity index (χ4v) is 2.62. The predicted molar refractivity (Wildman–Crippen MR) is 78.2 cm³/mol. The maximum atomic E-state index is 14.0. The molecule has 5 heteroatoms. The molecule has 3 N–H and O–H groups in total. The summed E-state index contributed by atoms with van der Waals surface area (Å²) in [4.78, 5) is 14.5. The number of hydrogen-bond donors (Lipinski definition) is 2. The first-order chi connectivity index (χ1) is 9.51. The predicted octanol–water partition coefficient (Wildman–Crippen LogP) is 1.93. The summed E-state index contributed by atoms with van der Waals surface area (Å²) in [5, 5.41) is 2.91. The van der Waals surface area contributed by atoms with E-state index in [9.17, 15) is 9.18 Å². The SMILES string of the molecule is CCN1CCC(NC(=O)c2cc(N)cc(C)c2F)CC1. The van der Waals surface area contributed by atoms with Crippen LogP contribution < -0.4 is 11.1 Å². The zero-order valence-electron chi connectivity index (χ0n) is 12.1. The number of piperidine rings is 1. The summed E-state index contributed by atoms with van der Waals surface area (Å²) in [6, 6.07) is 3.05. The Morgan fingerprint density at radius 1 is 1.45 bits per heavy atom. The Morgan fingerprint density at radius 3 is 2.70 bits per heavy atom. The summed E-state index contributed by atoms with van der Waals surface area (Å²) >= 11 is 0. The molecule has 0 bridgehead atoms. The van der Waals surface area contributed by atoms with E-state index in [0.717, 1.165) is 32.5 Å². The number of rotatable bonds is 3. The van der Waals surface area contributed by atoms with Gasteiger partial charge in [0.15, 0.2) is 0 Å². The number of nitrogens with zero attached hydrogens (tertiary/aromatic N) is 1. The van der Waals surface area contributed by atoms with E-state index in [1.807, 2.05) is 0 Å². The van der Waals surface area contributed by atoms with E-state index in [1.165, 1.54) is 12.1 Å². The Bertz CT molecular complexity index is 496. The van der Waals surface area contributed by atoms with Crippen LogP contribution in [0.15, 0.2) is 12.1 Å². The molecule has 1 aromatic rings. The second kappa shape index (κ2) is 6.22. The van der Waals surface area contributed by atoms with Crippen LogP contribution in [0.3, 0.4) is 0 Å². The van der Waals surface area contributed by atoms with Crippen LogP contribution in [-0.4, -0.2) is 36.5 Å². The van der Waals surface area contributed by atoms with Gasteiger partial charge >= 0.3 is 0 Å². The normalized spacial score (nSPS) is 17.1. The van der Waals surface area contributed by atoms with Crippen LogP contribution in [0.4, 0.5) is 10.1 Å². The molecule has 0 saturated carbocycles. The molecule has 4 nitrogen and oxygen atoms in total. The standard InChI is InChI=1S/C15H22FN3O/c1-3-19-6-4-12(5-7-19)18-15(20)13-9-11(17)8-10(2)14(13)16/h8-9,12H,3-7,17H2,1-2H3,(H,18,20). The lowest BCUT2D eigenvalue weighted by Gasteiger charge is -2.31. The van der Waals surface area contributed by atoms with Crippen LogP contribution in [0.2, 0.25) is 0 Å². The summed E-state index contributed by atoms with van der Waals surface area (Å²) in [6.45, 7) is 6.72. The Hall–Kier alpha value is -1.62. The third-order valence-corrected chi connectivity index (χ3v) is 3.89. The number of carbonyl (C=O) groups is 1. The van der Waals surface area contributed by atoms with Crippen LogP contribution in [0.1, 0.15) is 35.7 Å². The van der Waals surface area contributed by atoms with Crippen molar-refractivity contribution in [2.75, 3.05) is 25.4 Å². The third-order valence-electron chi connectivity index (χ3n) is 3.89. The van der Waals surface area contributed by atoms with Gasteiger partial charge in [0, 0.05) is 24.8 Å². The van der Waals surface area contributed by atoms with Crippen LogP contribution >= 0.6 is 0 Å². The molecule has 0 spiro atoms. The molecule has 110 valence electrons. The van der Waals surface area contributed by atoms with Crippen molar-refractivity contribution < 1.29 is 9.18 Å². The van der Waals surface area contributed by atoms with E-state index in [2.05, 4.69) is 17.1 Å². The maximum absolute atomic E-state index is 14.0. The second-order valence-corrected chi connectivity index (χ2v) is 5.38. The van der Waals surface area contributed by atoms with Gasteiger partial charge in [-0.05, 0) is 44.0 Å². The molecule has 0 unspecified atom stereocenters. The first kappa shape index (κ1) is 14.8. The van der Waals surface area contributed by atoms with Gasteiger partial charge < -0.3 is 16.0 Å². The molecule has 0 radical (unpaired) electrons. The molecule has 1 aromatic carbocycles. The van der Waals surface area contributed by atoms with Crippen LogP contribution in [-0.2, 0) is 0 Å². The molecule has 0 aromatic heterocycles. The molecule has 20 heavy (non-hydrogen) atoms. The first-order valence-electron chi connectivity index (χ1n) is 7.10. The number of carbonyl (C=O) groups excluding carboxylic acids is 1. The average Bonchev–Trinajstić information content (AvgIpc) is 2.43. The lowest BCUT2D eigenvalue weighted by molar-refractivity contribution is 0.0908. The van der Waals surface area contributed by atoms with Crippen molar-refractivity contribution in [3.63, 3.8) is 0 Å². The van der Waals surface area contributed by atoms with Crippen LogP contribution in [0.5, 0.6) is 0 Å². The van der Waals surface area contributed by atoms with Crippen LogP contribution in [0, 0.1) is 12.7 Å². The minimum atomic E-state index is -0.484. The molecule has 1 fully saturated rings. The zero-order valence-corrected chi connectivity index (χ0v) is 12.1. The number of anilines is 1. The second-order valence-electron chi connectivity index (χ2n) is 5.38. The van der Waals surface area contributed by atoms with Gasteiger partial charge in [-0.25, -0.2) is 4.39 Å². The van der Waals surface area contributed by atoms with E-state index in [4.69, 9.17) is 5.73 Å². The third kappa shape index (κ3) is 3.28. The Labute approximate surface area is 119 Å². The average molecular weight is 279 g/mol. The van der Waals surface area contributed by atoms with E-state index in [1.54, 1.807) is 6.92 Å². The highest BCUT2D eigenvalue weighted by Crippen LogP contribution is 2.18. The van der Waals surface area contributed by atoms with Crippen molar-refractivity contribution in [3.05, 3.63) is 29.1 Å². The van der Waals surface area contributed by atoms with Crippen molar-refractivity contribution in [2.45, 2.75) is 32.7 Å². The number of halogens is 1. The van der Waals surface area contributed by atoms with Gasteiger partial charge in [-0.15, -0.1) is 0 Å². The number of nitrogens with one attached hydrogen (secondary N) is 1. The lowest BCUT2D eigenvalue weighted by Crippen LogP contribution is -2.44. The molecular formula is C15H22FN3O. The van der Waals surface area contributed by atoms with Gasteiger partial charge in [-0.2, -0.15) is 0 Å². The molecule has 1 saturated heterocycles. The summed E-state index contributed by atoms with van der Waals surface area (Å²) in [5.74, 6) is -0.851. The molecule has 0 aliphatic carbocycles. The molecule has 2 rings (SSSR count). The van der Waals surface area contributed by atoms with E-state index in [-0.39, 0.29) is 17.5 Å². The highest BCUT2D eigenvalue weighted by molar-refractivity contribution is 5.95. The summed E-state index contributed by atoms with van der Waals surface area (Å²) in [6.07, 6.45) is 1.81. The largest absolute Gasteiger partial charge is 0.399 e. The molecular weight excluding hydrogens is 257 g/mol. The Kier molecular flexibility index (Phi) is 4.60.